The van der Waals surface area contributed by atoms with Crippen molar-refractivity contribution in [3.8, 4) is 0 Å². The van der Waals surface area contributed by atoms with E-state index in [1.165, 1.54) is 24.3 Å². The minimum atomic E-state index is -1.06. The maximum atomic E-state index is 11.2. The Morgan fingerprint density at radius 1 is 1.33 bits per heavy atom. The van der Waals surface area contributed by atoms with Crippen LogP contribution in [0.3, 0.4) is 0 Å². The molecule has 5 heteroatoms. The van der Waals surface area contributed by atoms with E-state index < -0.39 is 11.9 Å². The molecule has 0 unspecified atom stereocenters. The summed E-state index contributed by atoms with van der Waals surface area (Å²) in [6, 6.07) is 5.74. The lowest BCUT2D eigenvalue weighted by Crippen LogP contribution is -2.06. The van der Waals surface area contributed by atoms with Gasteiger partial charge in [-0.25, -0.2) is 9.59 Å². The van der Waals surface area contributed by atoms with Gasteiger partial charge in [0.15, 0.2) is 0 Å². The van der Waals surface area contributed by atoms with E-state index in [4.69, 9.17) is 9.84 Å². The van der Waals surface area contributed by atoms with E-state index in [2.05, 4.69) is 0 Å². The highest BCUT2D eigenvalue weighted by molar-refractivity contribution is 5.94. The quantitative estimate of drug-likeness (QED) is 0.807. The normalized spacial score (nSPS) is 8.87. The largest absolute Gasteiger partial charge is 0.478 e. The van der Waals surface area contributed by atoms with Crippen molar-refractivity contribution in [1.29, 1.82) is 0 Å². The first kappa shape index (κ1) is 13.4. The van der Waals surface area contributed by atoms with Crippen LogP contribution < -0.4 is 0 Å². The number of hydrogen-bond acceptors (Lipinski definition) is 3. The van der Waals surface area contributed by atoms with Crippen molar-refractivity contribution in [2.24, 2.45) is 0 Å². The first-order valence-electron chi connectivity index (χ1n) is 4.15. The average Bonchev–Trinajstić information content (AvgIpc) is 2.18. The molecule has 4 nitrogen and oxygen atoms in total. The van der Waals surface area contributed by atoms with Gasteiger partial charge < -0.3 is 9.84 Å². The van der Waals surface area contributed by atoms with E-state index in [1.807, 2.05) is 0 Å². The van der Waals surface area contributed by atoms with Gasteiger partial charge in [-0.05, 0) is 25.1 Å². The van der Waals surface area contributed by atoms with Crippen LogP contribution in [-0.4, -0.2) is 23.7 Å². The Morgan fingerprint density at radius 3 is 2.47 bits per heavy atom. The monoisotopic (exact) mass is 230 g/mol. The van der Waals surface area contributed by atoms with Gasteiger partial charge >= 0.3 is 11.9 Å². The average molecular weight is 231 g/mol. The molecule has 1 N–H and O–H groups in total. The van der Waals surface area contributed by atoms with Crippen LogP contribution in [0.2, 0.25) is 0 Å². The first-order chi connectivity index (χ1) is 6.65. The van der Waals surface area contributed by atoms with E-state index >= 15 is 0 Å². The number of ether oxygens (including phenoxy) is 1. The highest BCUT2D eigenvalue weighted by Gasteiger charge is 2.09. The highest BCUT2D eigenvalue weighted by atomic mass is 35.5. The summed E-state index contributed by atoms with van der Waals surface area (Å²) < 4.78 is 4.73. The maximum Gasteiger partial charge on any atom is 0.338 e. The Balaban J connectivity index is 0.00000196. The molecule has 15 heavy (non-hydrogen) atoms. The second-order valence-corrected chi connectivity index (χ2v) is 2.61. The maximum absolute atomic E-state index is 11.2. The molecule has 1 aromatic carbocycles. The smallest absolute Gasteiger partial charge is 0.338 e. The van der Waals surface area contributed by atoms with Crippen LogP contribution >= 0.6 is 12.4 Å². The molecular weight excluding hydrogens is 220 g/mol. The number of carboxylic acid groups (broad SMARTS) is 1. The summed E-state index contributed by atoms with van der Waals surface area (Å²) in [7, 11) is 0. The second-order valence-electron chi connectivity index (χ2n) is 2.61. The third-order valence-electron chi connectivity index (χ3n) is 1.62. The molecule has 0 aliphatic rings. The highest BCUT2D eigenvalue weighted by Crippen LogP contribution is 2.06. The summed E-state index contributed by atoms with van der Waals surface area (Å²) in [6.07, 6.45) is 0. The fourth-order valence-electron chi connectivity index (χ4n) is 0.994. The number of carbonyl (C=O) groups is 2. The van der Waals surface area contributed by atoms with Crippen molar-refractivity contribution in [3.63, 3.8) is 0 Å². The molecule has 0 aliphatic carbocycles. The summed E-state index contributed by atoms with van der Waals surface area (Å²) in [5.41, 5.74) is 0.335. The number of aromatic carboxylic acids is 1. The Labute approximate surface area is 93.3 Å². The Morgan fingerprint density at radius 2 is 1.93 bits per heavy atom. The molecule has 0 spiro atoms. The molecule has 0 bridgehead atoms. The lowest BCUT2D eigenvalue weighted by molar-refractivity contribution is 0.0526. The number of carbonyl (C=O) groups excluding carboxylic acids is 1. The number of esters is 1. The molecule has 0 atom stereocenters. The summed E-state index contributed by atoms with van der Waals surface area (Å²) in [5, 5.41) is 8.67. The van der Waals surface area contributed by atoms with Crippen molar-refractivity contribution in [1.82, 2.24) is 0 Å². The lowest BCUT2D eigenvalue weighted by Gasteiger charge is -2.01. The van der Waals surface area contributed by atoms with Gasteiger partial charge in [-0.2, -0.15) is 0 Å². The zero-order chi connectivity index (χ0) is 10.6. The second kappa shape index (κ2) is 6.03. The fraction of sp³-hybridized carbons (Fsp3) is 0.200. The lowest BCUT2D eigenvalue weighted by atomic mass is 10.1. The molecule has 1 aromatic rings. The Bertz CT molecular complexity index is 362. The first-order valence-corrected chi connectivity index (χ1v) is 4.15. The minimum Gasteiger partial charge on any atom is -0.478 e. The molecule has 82 valence electrons. The van der Waals surface area contributed by atoms with Crippen molar-refractivity contribution in [2.75, 3.05) is 6.61 Å². The van der Waals surface area contributed by atoms with Gasteiger partial charge in [0.1, 0.15) is 0 Å². The Hall–Kier alpha value is -1.55. The predicted octanol–water partition coefficient (Wildman–Crippen LogP) is 1.98. The standard InChI is InChI=1S/C10H10O4.ClH/c1-2-14-10(13)8-5-3-4-7(6-8)9(11)12;/h3-6H,2H2,1H3,(H,11,12);1H. The van der Waals surface area contributed by atoms with Crippen molar-refractivity contribution in [2.45, 2.75) is 6.92 Å². The van der Waals surface area contributed by atoms with E-state index in [0.717, 1.165) is 0 Å². The SMILES string of the molecule is CCOC(=O)c1cccc(C(=O)O)c1.Cl. The van der Waals surface area contributed by atoms with Crippen LogP contribution in [0.15, 0.2) is 24.3 Å². The van der Waals surface area contributed by atoms with E-state index in [1.54, 1.807) is 6.92 Å². The fourth-order valence-corrected chi connectivity index (χ4v) is 0.994. The van der Waals surface area contributed by atoms with Crippen LogP contribution in [0.5, 0.6) is 0 Å². The molecule has 0 aliphatic heterocycles. The van der Waals surface area contributed by atoms with Gasteiger partial charge in [0.25, 0.3) is 0 Å². The predicted molar refractivity (Wildman–Crippen MR) is 56.6 cm³/mol. The van der Waals surface area contributed by atoms with Crippen LogP contribution in [0.1, 0.15) is 27.6 Å². The molecular formula is C10H11ClO4. The van der Waals surface area contributed by atoms with Crippen molar-refractivity contribution in [3.05, 3.63) is 35.4 Å². The minimum absolute atomic E-state index is 0. The molecule has 0 saturated carbocycles. The van der Waals surface area contributed by atoms with Gasteiger partial charge in [0.05, 0.1) is 17.7 Å². The Kier molecular flexibility index (Phi) is 5.41. The van der Waals surface area contributed by atoms with Crippen LogP contribution in [0.4, 0.5) is 0 Å². The van der Waals surface area contributed by atoms with E-state index in [9.17, 15) is 9.59 Å². The molecule has 0 heterocycles. The van der Waals surface area contributed by atoms with Crippen molar-refractivity contribution < 1.29 is 19.4 Å². The summed E-state index contributed by atoms with van der Waals surface area (Å²) in [5.74, 6) is -1.56. The van der Waals surface area contributed by atoms with Crippen LogP contribution in [0, 0.1) is 0 Å². The van der Waals surface area contributed by atoms with Crippen LogP contribution in [-0.2, 0) is 4.74 Å². The van der Waals surface area contributed by atoms with Gasteiger partial charge in [-0.3, -0.25) is 0 Å². The topological polar surface area (TPSA) is 63.6 Å². The molecule has 0 saturated heterocycles. The number of carboxylic acids is 1. The third-order valence-corrected chi connectivity index (χ3v) is 1.62. The van der Waals surface area contributed by atoms with Gasteiger partial charge in [0.2, 0.25) is 0 Å². The molecule has 0 radical (unpaired) electrons. The summed E-state index contributed by atoms with van der Waals surface area (Å²) in [6.45, 7) is 1.97. The number of halogens is 1. The van der Waals surface area contributed by atoms with E-state index in [0.29, 0.717) is 0 Å². The summed E-state index contributed by atoms with van der Waals surface area (Å²) >= 11 is 0. The molecule has 0 aromatic heterocycles. The van der Waals surface area contributed by atoms with Gasteiger partial charge in [-0.1, -0.05) is 6.07 Å². The number of rotatable bonds is 3. The zero-order valence-corrected chi connectivity index (χ0v) is 8.91. The van der Waals surface area contributed by atoms with E-state index in [-0.39, 0.29) is 30.1 Å². The third kappa shape index (κ3) is 3.59. The van der Waals surface area contributed by atoms with Gasteiger partial charge in [-0.15, -0.1) is 12.4 Å². The molecule has 1 rings (SSSR count). The zero-order valence-electron chi connectivity index (χ0n) is 8.10. The van der Waals surface area contributed by atoms with Gasteiger partial charge in [0, 0.05) is 0 Å². The van der Waals surface area contributed by atoms with Crippen LogP contribution in [0.25, 0.3) is 0 Å². The van der Waals surface area contributed by atoms with Crippen molar-refractivity contribution >= 4 is 24.3 Å². The number of benzene rings is 1. The molecule has 0 amide bonds. The number of hydrogen-bond donors (Lipinski definition) is 1. The summed E-state index contributed by atoms with van der Waals surface area (Å²) in [4.78, 5) is 21.8. The molecule has 0 fully saturated rings.